The van der Waals surface area contributed by atoms with E-state index in [0.29, 0.717) is 11.3 Å². The number of phenols is 1. The van der Waals surface area contributed by atoms with Crippen molar-refractivity contribution in [1.29, 1.82) is 0 Å². The third kappa shape index (κ3) is 3.35. The Morgan fingerprint density at radius 2 is 2.16 bits per heavy atom. The molecule has 0 aliphatic rings. The van der Waals surface area contributed by atoms with Crippen LogP contribution in [-0.4, -0.2) is 23.1 Å². The largest absolute Gasteiger partial charge is 0.508 e. The molecule has 98 valence electrons. The number of methoxy groups -OCH3 is 1. The zero-order valence-corrected chi connectivity index (χ0v) is 10.8. The van der Waals surface area contributed by atoms with Gasteiger partial charge in [-0.15, -0.1) is 0 Å². The molecule has 1 heterocycles. The van der Waals surface area contributed by atoms with Gasteiger partial charge in [0.1, 0.15) is 10.9 Å². The second-order valence-electron chi connectivity index (χ2n) is 3.73. The molecule has 2 N–H and O–H groups in total. The fraction of sp³-hybridized carbons (Fsp3) is 0.0769. The van der Waals surface area contributed by atoms with Gasteiger partial charge in [-0.2, -0.15) is 0 Å². The Balaban J connectivity index is 2.22. The van der Waals surface area contributed by atoms with E-state index >= 15 is 0 Å². The second kappa shape index (κ2) is 5.58. The molecule has 0 radical (unpaired) electrons. The number of halogens is 1. The van der Waals surface area contributed by atoms with Gasteiger partial charge in [0.15, 0.2) is 0 Å². The quantitative estimate of drug-likeness (QED) is 0.847. The number of rotatable bonds is 3. The molecule has 1 amide bonds. The van der Waals surface area contributed by atoms with Gasteiger partial charge >= 0.3 is 0 Å². The molecule has 0 atom stereocenters. The molecule has 2 rings (SSSR count). The van der Waals surface area contributed by atoms with Crippen LogP contribution in [0.1, 0.15) is 10.4 Å². The highest BCUT2D eigenvalue weighted by molar-refractivity contribution is 6.30. The first kappa shape index (κ1) is 13.2. The summed E-state index contributed by atoms with van der Waals surface area (Å²) >= 11 is 5.79. The standard InChI is InChI=1S/C13H11ClN2O3/c1-19-12-6-8(5-11(14)16-12)13(18)15-9-3-2-4-10(17)7-9/h2-7,17H,1H3,(H,15,18). The van der Waals surface area contributed by atoms with Crippen molar-refractivity contribution in [3.8, 4) is 11.6 Å². The van der Waals surface area contributed by atoms with Gasteiger partial charge in [0.05, 0.1) is 7.11 Å². The lowest BCUT2D eigenvalue weighted by Crippen LogP contribution is -2.12. The number of amides is 1. The first-order valence-electron chi connectivity index (χ1n) is 5.40. The van der Waals surface area contributed by atoms with E-state index in [4.69, 9.17) is 16.3 Å². The highest BCUT2D eigenvalue weighted by atomic mass is 35.5. The Hall–Kier alpha value is -2.27. The maximum absolute atomic E-state index is 12.0. The molecular formula is C13H11ClN2O3. The molecule has 2 aromatic rings. The monoisotopic (exact) mass is 278 g/mol. The highest BCUT2D eigenvalue weighted by Crippen LogP contribution is 2.19. The molecule has 0 bridgehead atoms. The van der Waals surface area contributed by atoms with E-state index in [1.807, 2.05) is 0 Å². The molecule has 0 spiro atoms. The summed E-state index contributed by atoms with van der Waals surface area (Å²) in [5.74, 6) is -0.0371. The minimum atomic E-state index is -0.367. The number of carbonyl (C=O) groups excluding carboxylic acids is 1. The van der Waals surface area contributed by atoms with Gasteiger partial charge in [0, 0.05) is 23.4 Å². The number of phenolic OH excluding ortho intramolecular Hbond substituents is 1. The number of aromatic nitrogens is 1. The van der Waals surface area contributed by atoms with Gasteiger partial charge in [-0.05, 0) is 18.2 Å². The molecule has 0 saturated heterocycles. The van der Waals surface area contributed by atoms with Gasteiger partial charge in [-0.3, -0.25) is 4.79 Å². The average molecular weight is 279 g/mol. The summed E-state index contributed by atoms with van der Waals surface area (Å²) in [4.78, 5) is 15.9. The number of hydrogen-bond acceptors (Lipinski definition) is 4. The Morgan fingerprint density at radius 3 is 2.84 bits per heavy atom. The van der Waals surface area contributed by atoms with Gasteiger partial charge in [0.25, 0.3) is 5.91 Å². The maximum Gasteiger partial charge on any atom is 0.255 e. The van der Waals surface area contributed by atoms with Crippen molar-refractivity contribution in [1.82, 2.24) is 4.98 Å². The van der Waals surface area contributed by atoms with Crippen LogP contribution in [0.2, 0.25) is 5.15 Å². The van der Waals surface area contributed by atoms with E-state index in [-0.39, 0.29) is 22.7 Å². The Kier molecular flexibility index (Phi) is 3.87. The number of anilines is 1. The first-order valence-corrected chi connectivity index (χ1v) is 5.78. The average Bonchev–Trinajstić information content (AvgIpc) is 2.38. The number of pyridine rings is 1. The summed E-state index contributed by atoms with van der Waals surface area (Å²) in [5, 5.41) is 12.1. The normalized spacial score (nSPS) is 10.0. The summed E-state index contributed by atoms with van der Waals surface area (Å²) in [7, 11) is 1.44. The first-order chi connectivity index (χ1) is 9.08. The van der Waals surface area contributed by atoms with Crippen LogP contribution in [0, 0.1) is 0 Å². The smallest absolute Gasteiger partial charge is 0.255 e. The molecule has 19 heavy (non-hydrogen) atoms. The zero-order valence-electron chi connectivity index (χ0n) is 10.1. The lowest BCUT2D eigenvalue weighted by Gasteiger charge is -2.07. The number of hydrogen-bond donors (Lipinski definition) is 2. The number of ether oxygens (including phenoxy) is 1. The van der Waals surface area contributed by atoms with E-state index in [2.05, 4.69) is 10.3 Å². The van der Waals surface area contributed by atoms with Gasteiger partial charge < -0.3 is 15.2 Å². The van der Waals surface area contributed by atoms with E-state index in [1.54, 1.807) is 12.1 Å². The van der Waals surface area contributed by atoms with Crippen molar-refractivity contribution in [3.63, 3.8) is 0 Å². The highest BCUT2D eigenvalue weighted by Gasteiger charge is 2.10. The lowest BCUT2D eigenvalue weighted by molar-refractivity contribution is 0.102. The predicted molar refractivity (Wildman–Crippen MR) is 71.9 cm³/mol. The van der Waals surface area contributed by atoms with Crippen LogP contribution in [-0.2, 0) is 0 Å². The van der Waals surface area contributed by atoms with Crippen molar-refractivity contribution in [2.45, 2.75) is 0 Å². The zero-order chi connectivity index (χ0) is 13.8. The number of benzene rings is 1. The fourth-order valence-electron chi connectivity index (χ4n) is 1.50. The van der Waals surface area contributed by atoms with Crippen LogP contribution in [0.5, 0.6) is 11.6 Å². The molecule has 6 heteroatoms. The Bertz CT molecular complexity index is 617. The Labute approximate surface area is 114 Å². The van der Waals surface area contributed by atoms with Crippen LogP contribution in [0.25, 0.3) is 0 Å². The number of aromatic hydroxyl groups is 1. The van der Waals surface area contributed by atoms with Crippen molar-refractivity contribution in [3.05, 3.63) is 47.1 Å². The summed E-state index contributed by atoms with van der Waals surface area (Å²) in [6, 6.07) is 9.16. The molecule has 0 unspecified atom stereocenters. The summed E-state index contributed by atoms with van der Waals surface area (Å²) < 4.78 is 4.94. The van der Waals surface area contributed by atoms with Crippen LogP contribution >= 0.6 is 11.6 Å². The minimum absolute atomic E-state index is 0.0724. The van der Waals surface area contributed by atoms with Gasteiger partial charge in [0.2, 0.25) is 5.88 Å². The predicted octanol–water partition coefficient (Wildman–Crippen LogP) is 2.70. The molecule has 1 aromatic heterocycles. The molecule has 5 nitrogen and oxygen atoms in total. The third-order valence-corrected chi connectivity index (χ3v) is 2.54. The number of carbonyl (C=O) groups is 1. The molecule has 0 aliphatic carbocycles. The van der Waals surface area contributed by atoms with Gasteiger partial charge in [-0.25, -0.2) is 4.98 Å². The third-order valence-electron chi connectivity index (χ3n) is 2.35. The van der Waals surface area contributed by atoms with Crippen LogP contribution < -0.4 is 10.1 Å². The van der Waals surface area contributed by atoms with Crippen LogP contribution in [0.3, 0.4) is 0 Å². The molecule has 0 fully saturated rings. The van der Waals surface area contributed by atoms with Crippen molar-refractivity contribution < 1.29 is 14.6 Å². The lowest BCUT2D eigenvalue weighted by atomic mass is 10.2. The molecule has 1 aromatic carbocycles. The fourth-order valence-corrected chi connectivity index (χ4v) is 1.70. The van der Waals surface area contributed by atoms with Crippen molar-refractivity contribution in [2.24, 2.45) is 0 Å². The van der Waals surface area contributed by atoms with E-state index in [1.165, 1.54) is 31.4 Å². The molecule has 0 saturated carbocycles. The maximum atomic E-state index is 12.0. The van der Waals surface area contributed by atoms with Crippen LogP contribution in [0.15, 0.2) is 36.4 Å². The number of nitrogens with zero attached hydrogens (tertiary/aromatic N) is 1. The minimum Gasteiger partial charge on any atom is -0.508 e. The van der Waals surface area contributed by atoms with E-state index in [9.17, 15) is 9.90 Å². The topological polar surface area (TPSA) is 71.5 Å². The van der Waals surface area contributed by atoms with E-state index < -0.39 is 0 Å². The van der Waals surface area contributed by atoms with E-state index in [0.717, 1.165) is 0 Å². The SMILES string of the molecule is COc1cc(C(=O)Nc2cccc(O)c2)cc(Cl)n1. The number of nitrogens with one attached hydrogen (secondary N) is 1. The second-order valence-corrected chi connectivity index (χ2v) is 4.11. The summed E-state index contributed by atoms with van der Waals surface area (Å²) in [5.41, 5.74) is 0.803. The molecule has 0 aliphatic heterocycles. The van der Waals surface area contributed by atoms with Gasteiger partial charge in [-0.1, -0.05) is 17.7 Å². The molecular weight excluding hydrogens is 268 g/mol. The van der Waals surface area contributed by atoms with Crippen molar-refractivity contribution >= 4 is 23.2 Å². The summed E-state index contributed by atoms with van der Waals surface area (Å²) in [6.45, 7) is 0. The van der Waals surface area contributed by atoms with Crippen LogP contribution in [0.4, 0.5) is 5.69 Å². The van der Waals surface area contributed by atoms with Crippen molar-refractivity contribution in [2.75, 3.05) is 12.4 Å². The Morgan fingerprint density at radius 1 is 1.37 bits per heavy atom. The summed E-state index contributed by atoms with van der Waals surface area (Å²) in [6.07, 6.45) is 0.